The SMILES string of the molecule is Cn1nnc(-c2ccc(NC(=O)C(=O)NCc3ccco3)cc2)n1. The zero-order chi connectivity index (χ0) is 16.9. The Balaban J connectivity index is 1.57. The van der Waals surface area contributed by atoms with Gasteiger partial charge in [0.15, 0.2) is 0 Å². The number of nitrogens with one attached hydrogen (secondary N) is 2. The van der Waals surface area contributed by atoms with Crippen molar-refractivity contribution in [3.05, 3.63) is 48.4 Å². The molecule has 24 heavy (non-hydrogen) atoms. The Bertz CT molecular complexity index is 838. The van der Waals surface area contributed by atoms with Crippen molar-refractivity contribution in [2.24, 2.45) is 7.05 Å². The number of nitrogens with zero attached hydrogens (tertiary/aromatic N) is 4. The Labute approximate surface area is 136 Å². The first-order valence-corrected chi connectivity index (χ1v) is 7.08. The number of tetrazole rings is 1. The lowest BCUT2D eigenvalue weighted by molar-refractivity contribution is -0.136. The minimum Gasteiger partial charge on any atom is -0.467 e. The van der Waals surface area contributed by atoms with Crippen molar-refractivity contribution in [1.82, 2.24) is 25.5 Å². The Morgan fingerprint density at radius 1 is 1.17 bits per heavy atom. The van der Waals surface area contributed by atoms with E-state index in [0.717, 1.165) is 5.56 Å². The van der Waals surface area contributed by atoms with Gasteiger partial charge < -0.3 is 15.1 Å². The third-order valence-corrected chi connectivity index (χ3v) is 3.12. The van der Waals surface area contributed by atoms with E-state index in [-0.39, 0.29) is 6.54 Å². The molecule has 3 aromatic rings. The molecule has 2 aromatic heterocycles. The molecule has 0 aliphatic rings. The van der Waals surface area contributed by atoms with E-state index in [2.05, 4.69) is 26.0 Å². The van der Waals surface area contributed by atoms with Gasteiger partial charge in [-0.15, -0.1) is 10.2 Å². The van der Waals surface area contributed by atoms with Crippen LogP contribution >= 0.6 is 0 Å². The van der Waals surface area contributed by atoms with E-state index >= 15 is 0 Å². The van der Waals surface area contributed by atoms with E-state index in [1.807, 2.05) is 0 Å². The summed E-state index contributed by atoms with van der Waals surface area (Å²) in [7, 11) is 1.67. The maximum absolute atomic E-state index is 11.8. The highest BCUT2D eigenvalue weighted by Gasteiger charge is 2.14. The summed E-state index contributed by atoms with van der Waals surface area (Å²) in [6.45, 7) is 0.149. The van der Waals surface area contributed by atoms with Crippen LogP contribution in [0.2, 0.25) is 0 Å². The first kappa shape index (κ1) is 15.4. The number of carbonyl (C=O) groups excluding carboxylic acids is 2. The Morgan fingerprint density at radius 3 is 2.58 bits per heavy atom. The van der Waals surface area contributed by atoms with Gasteiger partial charge in [0.05, 0.1) is 19.9 Å². The number of amides is 2. The fourth-order valence-corrected chi connectivity index (χ4v) is 1.95. The molecule has 0 saturated carbocycles. The number of aromatic nitrogens is 4. The van der Waals surface area contributed by atoms with Crippen LogP contribution in [-0.4, -0.2) is 32.0 Å². The molecule has 9 heteroatoms. The van der Waals surface area contributed by atoms with Crippen molar-refractivity contribution < 1.29 is 14.0 Å². The van der Waals surface area contributed by atoms with Gasteiger partial charge in [0.2, 0.25) is 5.82 Å². The molecule has 2 N–H and O–H groups in total. The second kappa shape index (κ2) is 6.73. The summed E-state index contributed by atoms with van der Waals surface area (Å²) in [5.41, 5.74) is 1.24. The van der Waals surface area contributed by atoms with Crippen LogP contribution in [0.3, 0.4) is 0 Å². The highest BCUT2D eigenvalue weighted by atomic mass is 16.3. The van der Waals surface area contributed by atoms with Gasteiger partial charge in [0, 0.05) is 11.3 Å². The van der Waals surface area contributed by atoms with E-state index < -0.39 is 11.8 Å². The first-order valence-electron chi connectivity index (χ1n) is 7.08. The van der Waals surface area contributed by atoms with Crippen LogP contribution in [0.1, 0.15) is 5.76 Å². The third kappa shape index (κ3) is 3.64. The van der Waals surface area contributed by atoms with Gasteiger partial charge in [-0.05, 0) is 41.6 Å². The highest BCUT2D eigenvalue weighted by molar-refractivity contribution is 6.39. The second-order valence-electron chi connectivity index (χ2n) is 4.90. The van der Waals surface area contributed by atoms with Gasteiger partial charge in [-0.1, -0.05) is 0 Å². The lowest BCUT2D eigenvalue weighted by Gasteiger charge is -2.06. The van der Waals surface area contributed by atoms with E-state index in [1.54, 1.807) is 43.4 Å². The van der Waals surface area contributed by atoms with Crippen molar-refractivity contribution in [3.63, 3.8) is 0 Å². The first-order chi connectivity index (χ1) is 11.6. The van der Waals surface area contributed by atoms with Crippen LogP contribution in [-0.2, 0) is 23.2 Å². The Kier molecular flexibility index (Phi) is 4.32. The molecule has 0 spiro atoms. The summed E-state index contributed by atoms with van der Waals surface area (Å²) in [5, 5.41) is 16.7. The lowest BCUT2D eigenvalue weighted by atomic mass is 10.2. The molecule has 0 saturated heterocycles. The monoisotopic (exact) mass is 326 g/mol. The molecular weight excluding hydrogens is 312 g/mol. The Morgan fingerprint density at radius 2 is 1.96 bits per heavy atom. The normalized spacial score (nSPS) is 10.4. The summed E-state index contributed by atoms with van der Waals surface area (Å²) in [4.78, 5) is 24.9. The number of rotatable bonds is 4. The summed E-state index contributed by atoms with van der Waals surface area (Å²) >= 11 is 0. The minimum absolute atomic E-state index is 0.149. The molecule has 1 aromatic carbocycles. The zero-order valence-corrected chi connectivity index (χ0v) is 12.8. The topological polar surface area (TPSA) is 115 Å². The smallest absolute Gasteiger partial charge is 0.313 e. The molecule has 0 aliphatic heterocycles. The van der Waals surface area contributed by atoms with Crippen molar-refractivity contribution in [2.45, 2.75) is 6.54 Å². The number of benzene rings is 1. The van der Waals surface area contributed by atoms with E-state index in [4.69, 9.17) is 4.42 Å². The fraction of sp³-hybridized carbons (Fsp3) is 0.133. The van der Waals surface area contributed by atoms with Crippen molar-refractivity contribution in [3.8, 4) is 11.4 Å². The van der Waals surface area contributed by atoms with Gasteiger partial charge in [-0.25, -0.2) is 0 Å². The molecule has 0 radical (unpaired) electrons. The lowest BCUT2D eigenvalue weighted by Crippen LogP contribution is -2.34. The number of carbonyl (C=O) groups is 2. The average molecular weight is 326 g/mol. The summed E-state index contributed by atoms with van der Waals surface area (Å²) in [6.07, 6.45) is 1.50. The summed E-state index contributed by atoms with van der Waals surface area (Å²) in [6, 6.07) is 10.2. The average Bonchev–Trinajstić information content (AvgIpc) is 3.25. The molecule has 0 unspecified atom stereocenters. The number of anilines is 1. The van der Waals surface area contributed by atoms with Gasteiger partial charge in [0.1, 0.15) is 5.76 Å². The number of hydrogen-bond acceptors (Lipinski definition) is 6. The van der Waals surface area contributed by atoms with Crippen molar-refractivity contribution in [1.29, 1.82) is 0 Å². The highest BCUT2D eigenvalue weighted by Crippen LogP contribution is 2.16. The predicted molar refractivity (Wildman–Crippen MR) is 83.4 cm³/mol. The van der Waals surface area contributed by atoms with E-state index in [1.165, 1.54) is 11.1 Å². The van der Waals surface area contributed by atoms with Gasteiger partial charge in [0.25, 0.3) is 0 Å². The van der Waals surface area contributed by atoms with E-state index in [9.17, 15) is 9.59 Å². The third-order valence-electron chi connectivity index (χ3n) is 3.12. The van der Waals surface area contributed by atoms with Crippen molar-refractivity contribution >= 4 is 17.5 Å². The van der Waals surface area contributed by atoms with Crippen LogP contribution in [0, 0.1) is 0 Å². The molecular formula is C15H14N6O3. The molecule has 2 amide bonds. The minimum atomic E-state index is -0.757. The van der Waals surface area contributed by atoms with E-state index in [0.29, 0.717) is 17.3 Å². The molecule has 0 fully saturated rings. The summed E-state index contributed by atoms with van der Waals surface area (Å²) in [5.74, 6) is -0.457. The predicted octanol–water partition coefficient (Wildman–Crippen LogP) is 0.725. The molecule has 122 valence electrons. The maximum Gasteiger partial charge on any atom is 0.313 e. The quantitative estimate of drug-likeness (QED) is 0.683. The number of furan rings is 1. The molecule has 0 aliphatic carbocycles. The Hall–Kier alpha value is -3.49. The van der Waals surface area contributed by atoms with Gasteiger partial charge in [-0.3, -0.25) is 9.59 Å². The number of aryl methyl sites for hydroxylation is 1. The maximum atomic E-state index is 11.8. The fourth-order valence-electron chi connectivity index (χ4n) is 1.95. The second-order valence-corrected chi connectivity index (χ2v) is 4.90. The van der Waals surface area contributed by atoms with Crippen LogP contribution in [0.4, 0.5) is 5.69 Å². The zero-order valence-electron chi connectivity index (χ0n) is 12.8. The molecule has 9 nitrogen and oxygen atoms in total. The molecule has 3 rings (SSSR count). The van der Waals surface area contributed by atoms with Crippen LogP contribution in [0.25, 0.3) is 11.4 Å². The van der Waals surface area contributed by atoms with Crippen LogP contribution < -0.4 is 10.6 Å². The molecule has 0 atom stereocenters. The number of hydrogen-bond donors (Lipinski definition) is 2. The van der Waals surface area contributed by atoms with Crippen molar-refractivity contribution in [2.75, 3.05) is 5.32 Å². The standard InChI is InChI=1S/C15H14N6O3/c1-21-19-13(18-20-21)10-4-6-11(7-5-10)17-15(23)14(22)16-9-12-3-2-8-24-12/h2-8H,9H2,1H3,(H,16,22)(H,17,23). The summed E-state index contributed by atoms with van der Waals surface area (Å²) < 4.78 is 5.07. The molecule has 2 heterocycles. The van der Waals surface area contributed by atoms with Crippen LogP contribution in [0.15, 0.2) is 47.1 Å². The largest absolute Gasteiger partial charge is 0.467 e. The molecule has 0 bridgehead atoms. The van der Waals surface area contributed by atoms with Crippen LogP contribution in [0.5, 0.6) is 0 Å². The van der Waals surface area contributed by atoms with Gasteiger partial charge >= 0.3 is 11.8 Å². The van der Waals surface area contributed by atoms with Gasteiger partial charge in [-0.2, -0.15) is 4.80 Å².